The fourth-order valence-corrected chi connectivity index (χ4v) is 1.96. The molecule has 5 heteroatoms. The van der Waals surface area contributed by atoms with E-state index in [9.17, 15) is 15.2 Å². The lowest BCUT2D eigenvalue weighted by molar-refractivity contribution is -0.386. The van der Waals surface area contributed by atoms with Gasteiger partial charge in [0.25, 0.3) is 5.88 Å². The first-order valence-corrected chi connectivity index (χ1v) is 4.94. The number of pyridine rings is 1. The molecular weight excluding hydrogens is 196 g/mol. The summed E-state index contributed by atoms with van der Waals surface area (Å²) in [6.07, 6.45) is 2.63. The van der Waals surface area contributed by atoms with Gasteiger partial charge in [-0.05, 0) is 30.7 Å². The average molecular weight is 208 g/mol. The zero-order valence-corrected chi connectivity index (χ0v) is 8.43. The number of aromatic hydroxyl groups is 1. The first kappa shape index (κ1) is 9.89. The molecule has 0 saturated carbocycles. The zero-order chi connectivity index (χ0) is 11.0. The summed E-state index contributed by atoms with van der Waals surface area (Å²) < 4.78 is 0. The van der Waals surface area contributed by atoms with Gasteiger partial charge in [0, 0.05) is 11.8 Å². The van der Waals surface area contributed by atoms with Gasteiger partial charge in [-0.15, -0.1) is 0 Å². The number of hydrogen-bond acceptors (Lipinski definition) is 4. The first-order valence-electron chi connectivity index (χ1n) is 4.94. The molecule has 1 aliphatic rings. The van der Waals surface area contributed by atoms with Crippen LogP contribution in [0, 0.1) is 16.0 Å². The third-order valence-electron chi connectivity index (χ3n) is 2.79. The van der Waals surface area contributed by atoms with E-state index in [0.29, 0.717) is 5.92 Å². The molecule has 1 aromatic rings. The zero-order valence-electron chi connectivity index (χ0n) is 8.43. The van der Waals surface area contributed by atoms with E-state index in [-0.39, 0.29) is 5.69 Å². The molecule has 15 heavy (non-hydrogen) atoms. The molecule has 1 N–H and O–H groups in total. The molecule has 0 spiro atoms. The highest BCUT2D eigenvalue weighted by atomic mass is 16.6. The molecule has 1 heterocycles. The number of rotatable bonds is 1. The standard InChI is InChI=1S/C10H12N2O3/c1-6-2-3-8-7(4-6)5-9(12(14)15)10(13)11-8/h5-6H,2-4H2,1H3,(H,11,13). The Morgan fingerprint density at radius 3 is 3.07 bits per heavy atom. The van der Waals surface area contributed by atoms with Crippen molar-refractivity contribution in [3.63, 3.8) is 0 Å². The van der Waals surface area contributed by atoms with Crippen LogP contribution in [0.2, 0.25) is 0 Å². The minimum atomic E-state index is -0.595. The van der Waals surface area contributed by atoms with Gasteiger partial charge in [0.1, 0.15) is 0 Å². The molecule has 2 rings (SSSR count). The molecule has 1 aliphatic carbocycles. The molecule has 0 aliphatic heterocycles. The lowest BCUT2D eigenvalue weighted by Gasteiger charge is -2.19. The fourth-order valence-electron chi connectivity index (χ4n) is 1.96. The van der Waals surface area contributed by atoms with Gasteiger partial charge in [0.15, 0.2) is 0 Å². The summed E-state index contributed by atoms with van der Waals surface area (Å²) in [6, 6.07) is 1.45. The van der Waals surface area contributed by atoms with Gasteiger partial charge < -0.3 is 5.11 Å². The Morgan fingerprint density at radius 1 is 1.67 bits per heavy atom. The number of nitro groups is 1. The third-order valence-corrected chi connectivity index (χ3v) is 2.79. The minimum Gasteiger partial charge on any atom is -0.488 e. The third kappa shape index (κ3) is 1.77. The molecule has 0 bridgehead atoms. The van der Waals surface area contributed by atoms with Crippen molar-refractivity contribution in [2.75, 3.05) is 0 Å². The molecule has 1 aromatic heterocycles. The summed E-state index contributed by atoms with van der Waals surface area (Å²) in [7, 11) is 0. The fraction of sp³-hybridized carbons (Fsp3) is 0.500. The van der Waals surface area contributed by atoms with E-state index in [4.69, 9.17) is 0 Å². The van der Waals surface area contributed by atoms with Gasteiger partial charge >= 0.3 is 5.69 Å². The van der Waals surface area contributed by atoms with Crippen molar-refractivity contribution in [2.45, 2.75) is 26.2 Å². The highest BCUT2D eigenvalue weighted by Gasteiger charge is 2.23. The molecule has 1 unspecified atom stereocenters. The van der Waals surface area contributed by atoms with Crippen LogP contribution in [0.25, 0.3) is 0 Å². The molecule has 0 radical (unpaired) electrons. The molecule has 0 aromatic carbocycles. The smallest absolute Gasteiger partial charge is 0.331 e. The molecule has 0 amide bonds. The van der Waals surface area contributed by atoms with E-state index < -0.39 is 10.8 Å². The van der Waals surface area contributed by atoms with Crippen molar-refractivity contribution < 1.29 is 10.0 Å². The second kappa shape index (κ2) is 3.49. The Labute approximate surface area is 86.9 Å². The molecule has 0 saturated heterocycles. The van der Waals surface area contributed by atoms with Crippen LogP contribution in [0.5, 0.6) is 5.88 Å². The Balaban J connectivity index is 2.47. The predicted molar refractivity (Wildman–Crippen MR) is 53.7 cm³/mol. The van der Waals surface area contributed by atoms with Crippen molar-refractivity contribution in [3.05, 3.63) is 27.4 Å². The number of aromatic nitrogens is 1. The van der Waals surface area contributed by atoms with E-state index in [2.05, 4.69) is 11.9 Å². The van der Waals surface area contributed by atoms with Crippen LogP contribution in [0.1, 0.15) is 24.6 Å². The van der Waals surface area contributed by atoms with Crippen LogP contribution >= 0.6 is 0 Å². The Hall–Kier alpha value is -1.65. The summed E-state index contributed by atoms with van der Waals surface area (Å²) in [4.78, 5) is 13.9. The van der Waals surface area contributed by atoms with Crippen molar-refractivity contribution >= 4 is 5.69 Å². The van der Waals surface area contributed by atoms with E-state index in [1.807, 2.05) is 0 Å². The SMILES string of the molecule is CC1CCc2nc(O)c([N+](=O)[O-])cc2C1. The number of aryl methyl sites for hydroxylation is 1. The summed E-state index contributed by atoms with van der Waals surface area (Å²) >= 11 is 0. The Bertz CT molecular complexity index is 417. The van der Waals surface area contributed by atoms with Crippen LogP contribution in [0.3, 0.4) is 0 Å². The Kier molecular flexibility index (Phi) is 2.30. The normalized spacial score (nSPS) is 19.7. The number of nitrogens with zero attached hydrogens (tertiary/aromatic N) is 2. The van der Waals surface area contributed by atoms with Gasteiger partial charge in [-0.3, -0.25) is 10.1 Å². The highest BCUT2D eigenvalue weighted by Crippen LogP contribution is 2.31. The van der Waals surface area contributed by atoms with E-state index in [0.717, 1.165) is 30.5 Å². The topological polar surface area (TPSA) is 76.3 Å². The van der Waals surface area contributed by atoms with Gasteiger partial charge in [-0.2, -0.15) is 0 Å². The molecule has 80 valence electrons. The van der Waals surface area contributed by atoms with Gasteiger partial charge in [0.05, 0.1) is 4.92 Å². The summed E-state index contributed by atoms with van der Waals surface area (Å²) in [5, 5.41) is 19.9. The van der Waals surface area contributed by atoms with Crippen molar-refractivity contribution in [1.29, 1.82) is 0 Å². The highest BCUT2D eigenvalue weighted by molar-refractivity contribution is 5.45. The van der Waals surface area contributed by atoms with Gasteiger partial charge in [-0.25, -0.2) is 4.98 Å². The minimum absolute atomic E-state index is 0.289. The quantitative estimate of drug-likeness (QED) is 0.564. The van der Waals surface area contributed by atoms with Crippen LogP contribution in [-0.4, -0.2) is 15.0 Å². The first-order chi connectivity index (χ1) is 7.08. The maximum atomic E-state index is 10.6. The van der Waals surface area contributed by atoms with Gasteiger partial charge in [-0.1, -0.05) is 6.92 Å². The van der Waals surface area contributed by atoms with Crippen molar-refractivity contribution in [1.82, 2.24) is 4.98 Å². The molecule has 0 fully saturated rings. The van der Waals surface area contributed by atoms with Gasteiger partial charge in [0.2, 0.25) is 0 Å². The van der Waals surface area contributed by atoms with E-state index in [1.54, 1.807) is 0 Å². The van der Waals surface area contributed by atoms with Crippen molar-refractivity contribution in [3.8, 4) is 5.88 Å². The summed E-state index contributed by atoms with van der Waals surface area (Å²) in [5.74, 6) is 0.0664. The van der Waals surface area contributed by atoms with Crippen LogP contribution in [0.15, 0.2) is 6.07 Å². The molecular formula is C10H12N2O3. The Morgan fingerprint density at radius 2 is 2.40 bits per heavy atom. The monoisotopic (exact) mass is 208 g/mol. The van der Waals surface area contributed by atoms with Crippen LogP contribution in [-0.2, 0) is 12.8 Å². The van der Waals surface area contributed by atoms with E-state index in [1.165, 1.54) is 6.07 Å². The molecule has 5 nitrogen and oxygen atoms in total. The van der Waals surface area contributed by atoms with E-state index >= 15 is 0 Å². The second-order valence-electron chi connectivity index (χ2n) is 4.04. The van der Waals surface area contributed by atoms with Crippen LogP contribution in [0.4, 0.5) is 5.69 Å². The summed E-state index contributed by atoms with van der Waals surface area (Å²) in [6.45, 7) is 2.11. The maximum absolute atomic E-state index is 10.6. The lowest BCUT2D eigenvalue weighted by Crippen LogP contribution is -2.13. The maximum Gasteiger partial charge on any atom is 0.331 e. The summed E-state index contributed by atoms with van der Waals surface area (Å²) in [5.41, 5.74) is 1.41. The van der Waals surface area contributed by atoms with Crippen molar-refractivity contribution in [2.24, 2.45) is 5.92 Å². The van der Waals surface area contributed by atoms with Crippen LogP contribution < -0.4 is 0 Å². The number of fused-ring (bicyclic) bond motifs is 1. The average Bonchev–Trinajstić information content (AvgIpc) is 2.17. The largest absolute Gasteiger partial charge is 0.488 e. The lowest BCUT2D eigenvalue weighted by atomic mass is 9.88. The molecule has 1 atom stereocenters. The number of hydrogen-bond donors (Lipinski definition) is 1. The predicted octanol–water partition coefficient (Wildman–Crippen LogP) is 1.82. The second-order valence-corrected chi connectivity index (χ2v) is 4.04.